The highest BCUT2D eigenvalue weighted by Gasteiger charge is 2.26. The lowest BCUT2D eigenvalue weighted by molar-refractivity contribution is 0.0223. The van der Waals surface area contributed by atoms with Gasteiger partial charge in [0.25, 0.3) is 5.91 Å². The summed E-state index contributed by atoms with van der Waals surface area (Å²) in [7, 11) is -1.23. The van der Waals surface area contributed by atoms with Gasteiger partial charge in [-0.3, -0.25) is 10.2 Å². The van der Waals surface area contributed by atoms with E-state index in [4.69, 9.17) is 20.1 Å². The predicted octanol–water partition coefficient (Wildman–Crippen LogP) is 5.04. The zero-order valence-electron chi connectivity index (χ0n) is 23.7. The highest BCUT2D eigenvalue weighted by Crippen LogP contribution is 2.34. The van der Waals surface area contributed by atoms with E-state index in [1.165, 1.54) is 0 Å². The zero-order valence-corrected chi connectivity index (χ0v) is 24.7. The second-order valence-corrected chi connectivity index (χ2v) is 17.6. The number of rotatable bonds is 8. The van der Waals surface area contributed by atoms with E-state index in [2.05, 4.69) is 30.1 Å². The van der Waals surface area contributed by atoms with E-state index < -0.39 is 19.6 Å². The van der Waals surface area contributed by atoms with Crippen molar-refractivity contribution < 1.29 is 23.8 Å². The number of hydrazine groups is 1. The molecule has 2 aromatic heterocycles. The van der Waals surface area contributed by atoms with Crippen LogP contribution in [0, 0.1) is 0 Å². The molecule has 4 rings (SSSR count). The van der Waals surface area contributed by atoms with Gasteiger partial charge in [-0.15, -0.1) is 0 Å². The Morgan fingerprint density at radius 3 is 2.62 bits per heavy atom. The van der Waals surface area contributed by atoms with Gasteiger partial charge in [0.1, 0.15) is 29.5 Å². The lowest BCUT2D eigenvalue weighted by Gasteiger charge is -2.31. The molecule has 0 aliphatic carbocycles. The first-order valence-electron chi connectivity index (χ1n) is 13.2. The molecule has 3 heterocycles. The molecule has 0 bridgehead atoms. The Morgan fingerprint density at radius 2 is 1.92 bits per heavy atom. The molecule has 10 nitrogen and oxygen atoms in total. The van der Waals surface area contributed by atoms with Crippen molar-refractivity contribution >= 4 is 31.1 Å². The standard InChI is InChI=1S/C28H39N5O5Si/c1-28(2,3)38-27(35)32-12-10-19-7-8-21(15-20(19)16-32)37-23-9-11-30-25-24(23)22(26(34)31-29)17-33(25)18-36-13-14-39(4,5)6/h7-9,11,15,17H,10,12-14,16,18,29H2,1-6H3,(H,31,34). The highest BCUT2D eigenvalue weighted by molar-refractivity contribution is 6.76. The molecule has 0 atom stereocenters. The molecule has 0 spiro atoms. The largest absolute Gasteiger partial charge is 0.457 e. The van der Waals surface area contributed by atoms with Crippen molar-refractivity contribution in [1.82, 2.24) is 19.9 Å². The summed E-state index contributed by atoms with van der Waals surface area (Å²) >= 11 is 0. The third-order valence-corrected chi connectivity index (χ3v) is 8.10. The van der Waals surface area contributed by atoms with Crippen LogP contribution >= 0.6 is 0 Å². The van der Waals surface area contributed by atoms with E-state index in [1.54, 1.807) is 27.9 Å². The van der Waals surface area contributed by atoms with E-state index in [1.807, 2.05) is 39.0 Å². The molecular weight excluding hydrogens is 514 g/mol. The number of ether oxygens (including phenoxy) is 3. The maximum absolute atomic E-state index is 12.7. The van der Waals surface area contributed by atoms with Crippen LogP contribution in [-0.4, -0.2) is 53.3 Å². The Balaban J connectivity index is 1.59. The van der Waals surface area contributed by atoms with Crippen molar-refractivity contribution in [3.63, 3.8) is 0 Å². The smallest absolute Gasteiger partial charge is 0.410 e. The fourth-order valence-electron chi connectivity index (χ4n) is 4.37. The molecule has 0 saturated heterocycles. The maximum Gasteiger partial charge on any atom is 0.410 e. The molecule has 0 saturated carbocycles. The number of hydrogen-bond donors (Lipinski definition) is 2. The van der Waals surface area contributed by atoms with E-state index in [0.29, 0.717) is 47.8 Å². The number of fused-ring (bicyclic) bond motifs is 2. The van der Waals surface area contributed by atoms with E-state index in [-0.39, 0.29) is 12.8 Å². The minimum absolute atomic E-state index is 0.259. The molecule has 1 aromatic carbocycles. The maximum atomic E-state index is 12.7. The fourth-order valence-corrected chi connectivity index (χ4v) is 5.12. The van der Waals surface area contributed by atoms with Gasteiger partial charge in [0.2, 0.25) is 0 Å². The Labute approximate surface area is 230 Å². The van der Waals surface area contributed by atoms with Crippen molar-refractivity contribution in [3.05, 3.63) is 53.3 Å². The van der Waals surface area contributed by atoms with Crippen LogP contribution in [0.5, 0.6) is 11.5 Å². The third kappa shape index (κ3) is 7.17. The van der Waals surface area contributed by atoms with Gasteiger partial charge < -0.3 is 23.7 Å². The first-order valence-corrected chi connectivity index (χ1v) is 16.9. The average molecular weight is 554 g/mol. The van der Waals surface area contributed by atoms with E-state index in [0.717, 1.165) is 23.6 Å². The number of nitrogens with zero attached hydrogens (tertiary/aromatic N) is 3. The molecule has 3 aromatic rings. The van der Waals surface area contributed by atoms with E-state index >= 15 is 0 Å². The monoisotopic (exact) mass is 553 g/mol. The van der Waals surface area contributed by atoms with Gasteiger partial charge in [-0.2, -0.15) is 0 Å². The van der Waals surface area contributed by atoms with Crippen LogP contribution in [0.4, 0.5) is 4.79 Å². The molecule has 0 fully saturated rings. The number of hydrogen-bond acceptors (Lipinski definition) is 7. The quantitative estimate of drug-likeness (QED) is 0.132. The van der Waals surface area contributed by atoms with Gasteiger partial charge in [-0.05, 0) is 62.6 Å². The first-order chi connectivity index (χ1) is 18.3. The molecule has 1 aliphatic rings. The topological polar surface area (TPSA) is 121 Å². The number of nitrogen functional groups attached to an aromatic ring is 1. The third-order valence-electron chi connectivity index (χ3n) is 6.39. The summed E-state index contributed by atoms with van der Waals surface area (Å²) in [5.74, 6) is 6.10. The lowest BCUT2D eigenvalue weighted by atomic mass is 10.00. The molecule has 39 heavy (non-hydrogen) atoms. The highest BCUT2D eigenvalue weighted by atomic mass is 28.3. The van der Waals surface area contributed by atoms with Crippen LogP contribution < -0.4 is 16.0 Å². The fraction of sp³-hybridized carbons (Fsp3) is 0.464. The number of amides is 2. The number of aromatic nitrogens is 2. The predicted molar refractivity (Wildman–Crippen MR) is 152 cm³/mol. The van der Waals surface area contributed by atoms with Gasteiger partial charge in [-0.1, -0.05) is 25.7 Å². The Hall–Kier alpha value is -3.41. The van der Waals surface area contributed by atoms with Gasteiger partial charge >= 0.3 is 6.09 Å². The van der Waals surface area contributed by atoms with Crippen LogP contribution in [0.25, 0.3) is 11.0 Å². The van der Waals surface area contributed by atoms with Crippen molar-refractivity contribution in [2.75, 3.05) is 13.2 Å². The SMILES string of the molecule is CC(C)(C)OC(=O)N1CCc2ccc(Oc3ccnc4c3c(C(=O)NN)cn4COCC[Si](C)(C)C)cc2C1. The van der Waals surface area contributed by atoms with Crippen LogP contribution in [0.15, 0.2) is 36.7 Å². The number of benzene rings is 1. The minimum atomic E-state index is -1.23. The summed E-state index contributed by atoms with van der Waals surface area (Å²) in [5.41, 5.74) is 4.72. The summed E-state index contributed by atoms with van der Waals surface area (Å²) < 4.78 is 19.6. The van der Waals surface area contributed by atoms with Crippen LogP contribution in [0.1, 0.15) is 42.3 Å². The summed E-state index contributed by atoms with van der Waals surface area (Å²) in [5, 5.41) is 0.544. The Morgan fingerprint density at radius 1 is 1.15 bits per heavy atom. The molecule has 0 radical (unpaired) electrons. The Bertz CT molecular complexity index is 1360. The summed E-state index contributed by atoms with van der Waals surface area (Å²) in [6, 6.07) is 8.59. The van der Waals surface area contributed by atoms with Crippen molar-refractivity contribution in [1.29, 1.82) is 0 Å². The van der Waals surface area contributed by atoms with E-state index in [9.17, 15) is 9.59 Å². The average Bonchev–Trinajstić information content (AvgIpc) is 3.24. The molecular formula is C28H39N5O5Si. The Kier molecular flexibility index (Phi) is 8.33. The van der Waals surface area contributed by atoms with Crippen LogP contribution in [0.3, 0.4) is 0 Å². The number of nitrogens with one attached hydrogen (secondary N) is 1. The van der Waals surface area contributed by atoms with Crippen molar-refractivity contribution in [3.8, 4) is 11.5 Å². The lowest BCUT2D eigenvalue weighted by Crippen LogP contribution is -2.39. The second kappa shape index (κ2) is 11.4. The zero-order chi connectivity index (χ0) is 28.4. The number of pyridine rings is 1. The molecule has 2 amide bonds. The van der Waals surface area contributed by atoms with Crippen molar-refractivity contribution in [2.24, 2.45) is 5.84 Å². The summed E-state index contributed by atoms with van der Waals surface area (Å²) in [6.45, 7) is 14.4. The number of carbonyl (C=O) groups is 2. The molecule has 1 aliphatic heterocycles. The van der Waals surface area contributed by atoms with Gasteiger partial charge in [0, 0.05) is 40.2 Å². The molecule has 11 heteroatoms. The molecule has 210 valence electrons. The second-order valence-electron chi connectivity index (χ2n) is 12.0. The van der Waals surface area contributed by atoms with Gasteiger partial charge in [0.15, 0.2) is 0 Å². The van der Waals surface area contributed by atoms with Crippen molar-refractivity contribution in [2.45, 2.75) is 71.8 Å². The number of nitrogens with two attached hydrogens (primary N) is 1. The summed E-state index contributed by atoms with van der Waals surface area (Å²) in [6.07, 6.45) is 3.73. The minimum Gasteiger partial charge on any atom is -0.457 e. The van der Waals surface area contributed by atoms with Crippen LogP contribution in [-0.2, 0) is 29.2 Å². The van der Waals surface area contributed by atoms with Crippen LogP contribution in [0.2, 0.25) is 25.7 Å². The summed E-state index contributed by atoms with van der Waals surface area (Å²) in [4.78, 5) is 31.5. The normalized spacial score (nSPS) is 13.8. The molecule has 0 unspecified atom stereocenters. The number of carbonyl (C=O) groups excluding carboxylic acids is 2. The molecule has 3 N–H and O–H groups in total. The van der Waals surface area contributed by atoms with Gasteiger partial charge in [0.05, 0.1) is 10.9 Å². The van der Waals surface area contributed by atoms with Gasteiger partial charge in [-0.25, -0.2) is 15.6 Å². The first kappa shape index (κ1) is 28.6.